The topological polar surface area (TPSA) is 64.4 Å². The van der Waals surface area contributed by atoms with Gasteiger partial charge in [0.1, 0.15) is 0 Å². The third kappa shape index (κ3) is 4.27. The van der Waals surface area contributed by atoms with E-state index >= 15 is 0 Å². The molecule has 1 N–H and O–H groups in total. The first-order valence-corrected chi connectivity index (χ1v) is 7.55. The van der Waals surface area contributed by atoms with Crippen molar-refractivity contribution in [3.8, 4) is 5.75 Å². The first-order valence-electron chi connectivity index (χ1n) is 6.67. The zero-order valence-corrected chi connectivity index (χ0v) is 12.9. The predicted molar refractivity (Wildman–Crippen MR) is 84.0 cm³/mol. The Balaban J connectivity index is 1.96. The van der Waals surface area contributed by atoms with Crippen LogP contribution in [0.3, 0.4) is 0 Å². The van der Waals surface area contributed by atoms with Crippen molar-refractivity contribution in [3.05, 3.63) is 56.3 Å². The van der Waals surface area contributed by atoms with Gasteiger partial charge in [0.05, 0.1) is 12.0 Å². The van der Waals surface area contributed by atoms with Gasteiger partial charge in [0.2, 0.25) is 0 Å². The van der Waals surface area contributed by atoms with Crippen LogP contribution < -0.4 is 10.1 Å². The van der Waals surface area contributed by atoms with Crippen LogP contribution in [0.5, 0.6) is 5.75 Å². The van der Waals surface area contributed by atoms with Gasteiger partial charge in [-0.1, -0.05) is 12.1 Å². The van der Waals surface area contributed by atoms with E-state index in [0.717, 1.165) is 12.0 Å². The van der Waals surface area contributed by atoms with Crippen LogP contribution in [0, 0.1) is 10.1 Å². The zero-order valence-electron chi connectivity index (χ0n) is 12.0. The summed E-state index contributed by atoms with van der Waals surface area (Å²) in [5, 5.41) is 16.4. The molecule has 1 aromatic carbocycles. The van der Waals surface area contributed by atoms with Gasteiger partial charge in [-0.2, -0.15) is 0 Å². The highest BCUT2D eigenvalue weighted by atomic mass is 32.1. The standard InChI is InChI=1S/C15H18N2O3S/c1-11(8-13-4-3-7-21-13)16-10-12-5-6-15(20-2)14(9-12)17(18)19/h3-7,9,11,16H,8,10H2,1-2H3. The Kier molecular flexibility index (Phi) is 5.30. The smallest absolute Gasteiger partial charge is 0.311 e. The van der Waals surface area contributed by atoms with Gasteiger partial charge in [0.25, 0.3) is 0 Å². The van der Waals surface area contributed by atoms with Crippen molar-refractivity contribution in [2.75, 3.05) is 7.11 Å². The number of nitrogens with zero attached hydrogens (tertiary/aromatic N) is 1. The van der Waals surface area contributed by atoms with Crippen LogP contribution in [0.4, 0.5) is 5.69 Å². The maximum atomic E-state index is 11.0. The van der Waals surface area contributed by atoms with Crippen LogP contribution in [-0.2, 0) is 13.0 Å². The number of hydrogen-bond donors (Lipinski definition) is 1. The summed E-state index contributed by atoms with van der Waals surface area (Å²) < 4.78 is 5.00. The van der Waals surface area contributed by atoms with Crippen molar-refractivity contribution in [1.82, 2.24) is 5.32 Å². The van der Waals surface area contributed by atoms with Crippen molar-refractivity contribution >= 4 is 17.0 Å². The van der Waals surface area contributed by atoms with E-state index in [-0.39, 0.29) is 11.4 Å². The molecule has 0 aliphatic heterocycles. The van der Waals surface area contributed by atoms with Gasteiger partial charge in [-0.3, -0.25) is 10.1 Å². The van der Waals surface area contributed by atoms with Crippen LogP contribution in [-0.4, -0.2) is 18.1 Å². The fraction of sp³-hybridized carbons (Fsp3) is 0.333. The highest BCUT2D eigenvalue weighted by Gasteiger charge is 2.15. The van der Waals surface area contributed by atoms with Crippen molar-refractivity contribution < 1.29 is 9.66 Å². The molecule has 2 rings (SSSR count). The van der Waals surface area contributed by atoms with Crippen LogP contribution in [0.25, 0.3) is 0 Å². The summed E-state index contributed by atoms with van der Waals surface area (Å²) in [5.74, 6) is 0.287. The number of nitro groups is 1. The number of benzene rings is 1. The Bertz CT molecular complexity index is 599. The summed E-state index contributed by atoms with van der Waals surface area (Å²) in [5.41, 5.74) is 0.878. The van der Waals surface area contributed by atoms with Gasteiger partial charge in [-0.15, -0.1) is 11.3 Å². The Labute approximate surface area is 127 Å². The van der Waals surface area contributed by atoms with Gasteiger partial charge < -0.3 is 10.1 Å². The number of methoxy groups -OCH3 is 1. The molecule has 0 saturated carbocycles. The normalized spacial score (nSPS) is 12.1. The van der Waals surface area contributed by atoms with E-state index in [9.17, 15) is 10.1 Å². The monoisotopic (exact) mass is 306 g/mol. The molecule has 112 valence electrons. The van der Waals surface area contributed by atoms with E-state index in [0.29, 0.717) is 12.6 Å². The number of thiophene rings is 1. The average Bonchev–Trinajstić information content (AvgIpc) is 2.97. The third-order valence-corrected chi connectivity index (χ3v) is 4.08. The largest absolute Gasteiger partial charge is 0.490 e. The first kappa shape index (κ1) is 15.5. The molecule has 0 aliphatic rings. The molecule has 1 unspecified atom stereocenters. The van der Waals surface area contributed by atoms with Crippen LogP contribution in [0.1, 0.15) is 17.4 Å². The molecular weight excluding hydrogens is 288 g/mol. The molecule has 2 aromatic rings. The van der Waals surface area contributed by atoms with Gasteiger partial charge in [-0.25, -0.2) is 0 Å². The van der Waals surface area contributed by atoms with Crippen LogP contribution >= 0.6 is 11.3 Å². The Morgan fingerprint density at radius 2 is 2.24 bits per heavy atom. The van der Waals surface area contributed by atoms with Crippen molar-refractivity contribution in [1.29, 1.82) is 0 Å². The molecule has 0 spiro atoms. The third-order valence-electron chi connectivity index (χ3n) is 3.18. The second-order valence-electron chi connectivity index (χ2n) is 4.83. The molecule has 5 nitrogen and oxygen atoms in total. The van der Waals surface area contributed by atoms with E-state index < -0.39 is 4.92 Å². The van der Waals surface area contributed by atoms with Crippen LogP contribution in [0.15, 0.2) is 35.7 Å². The Hall–Kier alpha value is -1.92. The number of ether oxygens (including phenoxy) is 1. The molecule has 0 bridgehead atoms. The molecule has 1 aromatic heterocycles. The minimum atomic E-state index is -0.419. The lowest BCUT2D eigenvalue weighted by Gasteiger charge is -2.13. The fourth-order valence-electron chi connectivity index (χ4n) is 2.08. The van der Waals surface area contributed by atoms with E-state index in [1.165, 1.54) is 12.0 Å². The molecule has 1 atom stereocenters. The van der Waals surface area contributed by atoms with E-state index in [4.69, 9.17) is 4.74 Å². The zero-order chi connectivity index (χ0) is 15.2. The molecule has 6 heteroatoms. The van der Waals surface area contributed by atoms with Gasteiger partial charge in [-0.05, 0) is 36.4 Å². The number of rotatable bonds is 7. The summed E-state index contributed by atoms with van der Waals surface area (Å²) in [6.07, 6.45) is 0.954. The van der Waals surface area contributed by atoms with Crippen molar-refractivity contribution in [2.45, 2.75) is 25.9 Å². The number of nitro benzene ring substituents is 1. The maximum Gasteiger partial charge on any atom is 0.311 e. The molecule has 0 fully saturated rings. The Morgan fingerprint density at radius 3 is 2.86 bits per heavy atom. The maximum absolute atomic E-state index is 11.0. The molecular formula is C15H18N2O3S. The van der Waals surface area contributed by atoms with E-state index in [2.05, 4.69) is 23.7 Å². The summed E-state index contributed by atoms with van der Waals surface area (Å²) in [7, 11) is 1.43. The van der Waals surface area contributed by atoms with Gasteiger partial charge in [0.15, 0.2) is 5.75 Å². The van der Waals surface area contributed by atoms with Gasteiger partial charge >= 0.3 is 5.69 Å². The highest BCUT2D eigenvalue weighted by Crippen LogP contribution is 2.27. The van der Waals surface area contributed by atoms with Gasteiger partial charge in [0, 0.05) is 23.5 Å². The minimum absolute atomic E-state index is 0.00251. The lowest BCUT2D eigenvalue weighted by molar-refractivity contribution is -0.385. The number of hydrogen-bond acceptors (Lipinski definition) is 5. The first-order chi connectivity index (χ1) is 10.1. The van der Waals surface area contributed by atoms with E-state index in [1.807, 2.05) is 12.1 Å². The van der Waals surface area contributed by atoms with Crippen LogP contribution in [0.2, 0.25) is 0 Å². The van der Waals surface area contributed by atoms with Crippen molar-refractivity contribution in [3.63, 3.8) is 0 Å². The molecule has 21 heavy (non-hydrogen) atoms. The molecule has 0 aliphatic carbocycles. The summed E-state index contributed by atoms with van der Waals surface area (Å²) in [6, 6.07) is 9.50. The predicted octanol–water partition coefficient (Wildman–Crippen LogP) is 3.39. The van der Waals surface area contributed by atoms with Crippen molar-refractivity contribution in [2.24, 2.45) is 0 Å². The lowest BCUT2D eigenvalue weighted by Crippen LogP contribution is -2.27. The Morgan fingerprint density at radius 1 is 1.43 bits per heavy atom. The summed E-state index contributed by atoms with van der Waals surface area (Å²) >= 11 is 1.74. The molecule has 0 radical (unpaired) electrons. The molecule has 1 heterocycles. The highest BCUT2D eigenvalue weighted by molar-refractivity contribution is 7.09. The summed E-state index contributed by atoms with van der Waals surface area (Å²) in [6.45, 7) is 2.70. The second-order valence-corrected chi connectivity index (χ2v) is 5.86. The molecule has 0 saturated heterocycles. The SMILES string of the molecule is COc1ccc(CNC(C)Cc2cccs2)cc1[N+](=O)[O-]. The summed E-state index contributed by atoms with van der Waals surface area (Å²) in [4.78, 5) is 11.9. The number of nitrogens with one attached hydrogen (secondary N) is 1. The van der Waals surface area contributed by atoms with E-state index in [1.54, 1.807) is 23.5 Å². The second kappa shape index (κ2) is 7.19. The quantitative estimate of drug-likeness (QED) is 0.629. The molecule has 0 amide bonds. The minimum Gasteiger partial charge on any atom is -0.490 e. The lowest BCUT2D eigenvalue weighted by atomic mass is 10.1. The average molecular weight is 306 g/mol. The fourth-order valence-corrected chi connectivity index (χ4v) is 2.92.